The molecule has 24 heavy (non-hydrogen) atoms. The third-order valence-corrected chi connectivity index (χ3v) is 6.29. The van der Waals surface area contributed by atoms with E-state index in [1.807, 2.05) is 42.5 Å². The molecule has 0 aromatic heterocycles. The maximum atomic E-state index is 11.1. The van der Waals surface area contributed by atoms with Crippen LogP contribution in [0.25, 0.3) is 0 Å². The summed E-state index contributed by atoms with van der Waals surface area (Å²) in [4.78, 5) is 10.7. The van der Waals surface area contributed by atoms with Crippen LogP contribution >= 0.6 is 7.92 Å². The van der Waals surface area contributed by atoms with Crippen molar-refractivity contribution in [3.8, 4) is 0 Å². The highest BCUT2D eigenvalue weighted by Gasteiger charge is 2.17. The molecule has 0 aliphatic carbocycles. The van der Waals surface area contributed by atoms with E-state index in [1.165, 1.54) is 10.6 Å². The first-order chi connectivity index (χ1) is 11.6. The van der Waals surface area contributed by atoms with Crippen molar-refractivity contribution in [1.82, 2.24) is 0 Å². The number of nitrogens with two attached hydrogens (primary N) is 1. The Morgan fingerprint density at radius 3 is 1.92 bits per heavy atom. The first-order valence-electron chi connectivity index (χ1n) is 7.55. The lowest BCUT2D eigenvalue weighted by atomic mass is 10.2. The van der Waals surface area contributed by atoms with Crippen molar-refractivity contribution < 1.29 is 4.92 Å². The zero-order chi connectivity index (χ0) is 16.9. The summed E-state index contributed by atoms with van der Waals surface area (Å²) in [7, 11) is -0.632. The molecule has 3 rings (SSSR count). The number of benzene rings is 3. The standard InChI is InChI=1S/C19H17N2O2P/c20-18-12-11-15(13-19(18)21(22)23)14-24(16-7-3-1-4-8-16)17-9-5-2-6-10-17/h1-13H,14,20H2. The first-order valence-corrected chi connectivity index (χ1v) is 9.08. The van der Waals surface area contributed by atoms with Crippen LogP contribution in [0.5, 0.6) is 0 Å². The van der Waals surface area contributed by atoms with Gasteiger partial charge in [-0.3, -0.25) is 10.1 Å². The Hall–Kier alpha value is -2.71. The zero-order valence-electron chi connectivity index (χ0n) is 13.0. The summed E-state index contributed by atoms with van der Waals surface area (Å²) in [6.45, 7) is 0. The van der Waals surface area contributed by atoms with Crippen LogP contribution in [-0.2, 0) is 6.16 Å². The van der Waals surface area contributed by atoms with Crippen molar-refractivity contribution in [2.45, 2.75) is 6.16 Å². The molecule has 3 aromatic rings. The largest absolute Gasteiger partial charge is 0.393 e. The second kappa shape index (κ2) is 7.24. The molecule has 0 unspecified atom stereocenters. The highest BCUT2D eigenvalue weighted by atomic mass is 31.1. The Labute approximate surface area is 141 Å². The predicted octanol–water partition coefficient (Wildman–Crippen LogP) is 3.81. The number of hydrogen-bond acceptors (Lipinski definition) is 3. The van der Waals surface area contributed by atoms with Gasteiger partial charge in [0.05, 0.1) is 4.92 Å². The van der Waals surface area contributed by atoms with E-state index in [0.717, 1.165) is 11.7 Å². The van der Waals surface area contributed by atoms with Crippen LogP contribution in [0.15, 0.2) is 78.9 Å². The van der Waals surface area contributed by atoms with Gasteiger partial charge in [0.2, 0.25) is 0 Å². The summed E-state index contributed by atoms with van der Waals surface area (Å²) in [5, 5.41) is 13.6. The number of anilines is 1. The summed E-state index contributed by atoms with van der Waals surface area (Å²) in [5.74, 6) is 0. The first kappa shape index (κ1) is 16.2. The third kappa shape index (κ3) is 3.61. The van der Waals surface area contributed by atoms with Crippen molar-refractivity contribution in [2.75, 3.05) is 5.73 Å². The van der Waals surface area contributed by atoms with Crippen LogP contribution < -0.4 is 16.3 Å². The van der Waals surface area contributed by atoms with E-state index in [4.69, 9.17) is 5.73 Å². The van der Waals surface area contributed by atoms with Gasteiger partial charge >= 0.3 is 0 Å². The van der Waals surface area contributed by atoms with Crippen LogP contribution in [0.4, 0.5) is 11.4 Å². The molecule has 0 aliphatic rings. The summed E-state index contributed by atoms with van der Waals surface area (Å²) >= 11 is 0. The van der Waals surface area contributed by atoms with Gasteiger partial charge in [-0.15, -0.1) is 0 Å². The normalized spacial score (nSPS) is 10.7. The molecule has 0 saturated carbocycles. The fourth-order valence-corrected chi connectivity index (χ4v) is 4.86. The van der Waals surface area contributed by atoms with Crippen molar-refractivity contribution in [1.29, 1.82) is 0 Å². The summed E-state index contributed by atoms with van der Waals surface area (Å²) in [6.07, 6.45) is 0.741. The number of nitrogens with zero attached hydrogens (tertiary/aromatic N) is 1. The predicted molar refractivity (Wildman–Crippen MR) is 100 cm³/mol. The van der Waals surface area contributed by atoms with Crippen molar-refractivity contribution >= 4 is 29.9 Å². The average Bonchev–Trinajstić information content (AvgIpc) is 2.62. The lowest BCUT2D eigenvalue weighted by Gasteiger charge is -2.19. The Kier molecular flexibility index (Phi) is 4.88. The maximum absolute atomic E-state index is 11.1. The molecule has 120 valence electrons. The number of nitrogen functional groups attached to an aromatic ring is 1. The molecule has 4 nitrogen and oxygen atoms in total. The number of nitro groups is 1. The smallest absolute Gasteiger partial charge is 0.292 e. The van der Waals surface area contributed by atoms with Crippen LogP contribution in [0, 0.1) is 10.1 Å². The Balaban J connectivity index is 1.99. The van der Waals surface area contributed by atoms with Gasteiger partial charge in [-0.2, -0.15) is 0 Å². The minimum atomic E-state index is -0.632. The Morgan fingerprint density at radius 1 is 0.875 bits per heavy atom. The lowest BCUT2D eigenvalue weighted by Crippen LogP contribution is -2.13. The van der Waals surface area contributed by atoms with E-state index in [9.17, 15) is 10.1 Å². The van der Waals surface area contributed by atoms with Gasteiger partial charge in [-0.1, -0.05) is 66.7 Å². The quantitative estimate of drug-likeness (QED) is 0.333. The molecule has 3 aromatic carbocycles. The molecule has 0 spiro atoms. The molecular weight excluding hydrogens is 319 g/mol. The molecule has 0 atom stereocenters. The summed E-state index contributed by atoms with van der Waals surface area (Å²) < 4.78 is 0. The van der Waals surface area contributed by atoms with E-state index >= 15 is 0 Å². The molecule has 0 fully saturated rings. The van der Waals surface area contributed by atoms with Crippen LogP contribution in [0.2, 0.25) is 0 Å². The topological polar surface area (TPSA) is 69.2 Å². The van der Waals surface area contributed by atoms with Gasteiger partial charge in [0, 0.05) is 12.2 Å². The van der Waals surface area contributed by atoms with Gasteiger partial charge in [0.1, 0.15) is 5.69 Å². The highest BCUT2D eigenvalue weighted by molar-refractivity contribution is 7.72. The second-order valence-electron chi connectivity index (χ2n) is 5.41. The summed E-state index contributed by atoms with van der Waals surface area (Å²) in [6, 6.07) is 25.7. The van der Waals surface area contributed by atoms with Crippen LogP contribution in [0.3, 0.4) is 0 Å². The second-order valence-corrected chi connectivity index (χ2v) is 7.61. The minimum absolute atomic E-state index is 0.0245. The molecule has 5 heteroatoms. The number of nitro benzene ring substituents is 1. The lowest BCUT2D eigenvalue weighted by molar-refractivity contribution is -0.383. The number of hydrogen-bond donors (Lipinski definition) is 1. The van der Waals surface area contributed by atoms with Gasteiger partial charge in [0.25, 0.3) is 5.69 Å². The molecule has 2 N–H and O–H groups in total. The fourth-order valence-electron chi connectivity index (χ4n) is 2.58. The molecule has 0 radical (unpaired) electrons. The fraction of sp³-hybridized carbons (Fsp3) is 0.0526. The van der Waals surface area contributed by atoms with E-state index in [2.05, 4.69) is 24.3 Å². The zero-order valence-corrected chi connectivity index (χ0v) is 13.9. The molecule has 0 saturated heterocycles. The van der Waals surface area contributed by atoms with E-state index in [0.29, 0.717) is 0 Å². The van der Waals surface area contributed by atoms with Gasteiger partial charge in [0.15, 0.2) is 0 Å². The summed E-state index contributed by atoms with van der Waals surface area (Å²) in [5.41, 5.74) is 6.81. The van der Waals surface area contributed by atoms with E-state index < -0.39 is 12.8 Å². The van der Waals surface area contributed by atoms with Gasteiger partial charge < -0.3 is 5.73 Å². The molecule has 0 bridgehead atoms. The van der Waals surface area contributed by atoms with Crippen molar-refractivity contribution in [3.05, 3.63) is 94.5 Å². The molecule has 0 amide bonds. The van der Waals surface area contributed by atoms with Gasteiger partial charge in [-0.05, 0) is 30.2 Å². The van der Waals surface area contributed by atoms with E-state index in [1.54, 1.807) is 12.1 Å². The van der Waals surface area contributed by atoms with E-state index in [-0.39, 0.29) is 11.4 Å². The van der Waals surface area contributed by atoms with Crippen LogP contribution in [-0.4, -0.2) is 4.92 Å². The van der Waals surface area contributed by atoms with Crippen molar-refractivity contribution in [3.63, 3.8) is 0 Å². The average molecular weight is 336 g/mol. The Bertz CT molecular complexity index is 799. The minimum Gasteiger partial charge on any atom is -0.393 e. The highest BCUT2D eigenvalue weighted by Crippen LogP contribution is 2.39. The molecule has 0 heterocycles. The third-order valence-electron chi connectivity index (χ3n) is 3.77. The van der Waals surface area contributed by atoms with Crippen LogP contribution in [0.1, 0.15) is 5.56 Å². The molecular formula is C19H17N2O2P. The van der Waals surface area contributed by atoms with Crippen molar-refractivity contribution in [2.24, 2.45) is 0 Å². The maximum Gasteiger partial charge on any atom is 0.292 e. The van der Waals surface area contributed by atoms with Gasteiger partial charge in [-0.25, -0.2) is 0 Å². The molecule has 0 aliphatic heterocycles. The number of rotatable bonds is 5. The SMILES string of the molecule is Nc1ccc(CP(c2ccccc2)c2ccccc2)cc1[N+](=O)[O-]. The Morgan fingerprint density at radius 2 is 1.42 bits per heavy atom. The monoisotopic (exact) mass is 336 g/mol.